The number of nitrogens with one attached hydrogen (secondary N) is 2. The highest BCUT2D eigenvalue weighted by atomic mass is 32.2. The molecule has 0 aliphatic carbocycles. The summed E-state index contributed by atoms with van der Waals surface area (Å²) in [4.78, 5) is 7.79. The van der Waals surface area contributed by atoms with Gasteiger partial charge < -0.3 is 5.32 Å². The van der Waals surface area contributed by atoms with Crippen molar-refractivity contribution in [3.05, 3.63) is 17.4 Å². The minimum atomic E-state index is -3.73. The summed E-state index contributed by atoms with van der Waals surface area (Å²) < 4.78 is 26.3. The summed E-state index contributed by atoms with van der Waals surface area (Å²) >= 11 is 1.15. The monoisotopic (exact) mass is 300 g/mol. The fourth-order valence-corrected chi connectivity index (χ4v) is 2.93. The number of hydrogen-bond donors (Lipinski definition) is 2. The molecule has 0 saturated carbocycles. The number of aromatic nitrogens is 4. The zero-order chi connectivity index (χ0) is 13.9. The zero-order valence-electron chi connectivity index (χ0n) is 10.3. The van der Waals surface area contributed by atoms with Crippen LogP contribution in [0.2, 0.25) is 0 Å². The van der Waals surface area contributed by atoms with Crippen molar-refractivity contribution in [2.45, 2.75) is 18.7 Å². The molecule has 2 aromatic heterocycles. The molecule has 0 amide bonds. The third-order valence-electron chi connectivity index (χ3n) is 2.02. The number of sulfonamides is 1. The minimum Gasteiger partial charge on any atom is -0.355 e. The summed E-state index contributed by atoms with van der Waals surface area (Å²) in [5.41, 5.74) is 0. The summed E-state index contributed by atoms with van der Waals surface area (Å²) in [7, 11) is -3.73. The van der Waals surface area contributed by atoms with E-state index in [0.717, 1.165) is 11.3 Å². The lowest BCUT2D eigenvalue weighted by atomic mass is 10.6. The zero-order valence-corrected chi connectivity index (χ0v) is 11.9. The van der Waals surface area contributed by atoms with Crippen LogP contribution < -0.4 is 10.0 Å². The van der Waals surface area contributed by atoms with Gasteiger partial charge in [0.15, 0.2) is 0 Å². The molecule has 2 aromatic rings. The molecule has 19 heavy (non-hydrogen) atoms. The van der Waals surface area contributed by atoms with Crippen molar-refractivity contribution in [1.82, 2.24) is 20.2 Å². The summed E-state index contributed by atoms with van der Waals surface area (Å²) in [6, 6.07) is 0. The van der Waals surface area contributed by atoms with Crippen LogP contribution in [-0.2, 0) is 10.0 Å². The highest BCUT2D eigenvalue weighted by Crippen LogP contribution is 2.18. The van der Waals surface area contributed by atoms with E-state index in [-0.39, 0.29) is 10.0 Å². The van der Waals surface area contributed by atoms with Gasteiger partial charge in [-0.25, -0.2) is 18.4 Å². The van der Waals surface area contributed by atoms with Crippen LogP contribution in [0.25, 0.3) is 0 Å². The SMILES string of the molecule is CCNc1ncc(S(=O)(=O)Nc2nnc(C)s2)cn1. The number of anilines is 2. The molecule has 8 nitrogen and oxygen atoms in total. The molecular formula is C9H12N6O2S2. The quantitative estimate of drug-likeness (QED) is 0.843. The number of hydrogen-bond acceptors (Lipinski definition) is 8. The molecule has 2 heterocycles. The lowest BCUT2D eigenvalue weighted by Crippen LogP contribution is -2.14. The topological polar surface area (TPSA) is 110 Å². The normalized spacial score (nSPS) is 11.3. The third kappa shape index (κ3) is 3.35. The Morgan fingerprint density at radius 1 is 1.26 bits per heavy atom. The smallest absolute Gasteiger partial charge is 0.266 e. The van der Waals surface area contributed by atoms with Gasteiger partial charge in [0.1, 0.15) is 9.90 Å². The lowest BCUT2D eigenvalue weighted by Gasteiger charge is -2.05. The first kappa shape index (κ1) is 13.6. The van der Waals surface area contributed by atoms with Crippen molar-refractivity contribution in [2.75, 3.05) is 16.6 Å². The van der Waals surface area contributed by atoms with Crippen molar-refractivity contribution in [3.8, 4) is 0 Å². The Balaban J connectivity index is 2.19. The molecule has 0 saturated heterocycles. The van der Waals surface area contributed by atoms with E-state index in [2.05, 4.69) is 30.2 Å². The highest BCUT2D eigenvalue weighted by molar-refractivity contribution is 7.93. The molecule has 0 bridgehead atoms. The van der Waals surface area contributed by atoms with Crippen molar-refractivity contribution < 1.29 is 8.42 Å². The van der Waals surface area contributed by atoms with Gasteiger partial charge in [0.2, 0.25) is 11.1 Å². The molecule has 0 fully saturated rings. The van der Waals surface area contributed by atoms with E-state index >= 15 is 0 Å². The molecule has 0 aliphatic rings. The molecule has 0 aliphatic heterocycles. The van der Waals surface area contributed by atoms with Crippen LogP contribution >= 0.6 is 11.3 Å². The fourth-order valence-electron chi connectivity index (χ4n) is 1.22. The van der Waals surface area contributed by atoms with Gasteiger partial charge in [-0.2, -0.15) is 0 Å². The van der Waals surface area contributed by atoms with E-state index in [1.165, 1.54) is 12.4 Å². The summed E-state index contributed by atoms with van der Waals surface area (Å²) in [5.74, 6) is 0.383. The Morgan fingerprint density at radius 2 is 1.95 bits per heavy atom. The average Bonchev–Trinajstić information content (AvgIpc) is 2.75. The van der Waals surface area contributed by atoms with Crippen LogP contribution in [0.3, 0.4) is 0 Å². The maximum Gasteiger partial charge on any atom is 0.266 e. The van der Waals surface area contributed by atoms with Crippen LogP contribution in [0.1, 0.15) is 11.9 Å². The van der Waals surface area contributed by atoms with E-state index in [1.807, 2.05) is 6.92 Å². The molecule has 2 N–H and O–H groups in total. The molecule has 2 rings (SSSR count). The van der Waals surface area contributed by atoms with Gasteiger partial charge in [-0.15, -0.1) is 10.2 Å². The van der Waals surface area contributed by atoms with Crippen LogP contribution in [0.15, 0.2) is 17.3 Å². The Kier molecular flexibility index (Phi) is 3.90. The van der Waals surface area contributed by atoms with Crippen LogP contribution in [0, 0.1) is 6.92 Å². The van der Waals surface area contributed by atoms with Gasteiger partial charge >= 0.3 is 0 Å². The summed E-state index contributed by atoms with van der Waals surface area (Å²) in [6.07, 6.45) is 2.47. The van der Waals surface area contributed by atoms with Gasteiger partial charge in [0.05, 0.1) is 12.4 Å². The standard InChI is InChI=1S/C9H12N6O2S2/c1-3-10-8-11-4-7(5-12-8)19(16,17)15-9-14-13-6(2)18-9/h4-5H,3H2,1-2H3,(H,14,15)(H,10,11,12). The summed E-state index contributed by atoms with van der Waals surface area (Å²) in [6.45, 7) is 4.30. The van der Waals surface area contributed by atoms with E-state index < -0.39 is 10.0 Å². The number of aryl methyl sites for hydroxylation is 1. The largest absolute Gasteiger partial charge is 0.355 e. The van der Waals surface area contributed by atoms with E-state index in [4.69, 9.17) is 0 Å². The van der Waals surface area contributed by atoms with Gasteiger partial charge in [0.25, 0.3) is 10.0 Å². The number of nitrogens with zero attached hydrogens (tertiary/aromatic N) is 4. The lowest BCUT2D eigenvalue weighted by molar-refractivity contribution is 0.600. The van der Waals surface area contributed by atoms with E-state index in [9.17, 15) is 8.42 Å². The molecule has 102 valence electrons. The molecule has 0 aromatic carbocycles. The maximum absolute atomic E-state index is 12.0. The fraction of sp³-hybridized carbons (Fsp3) is 0.333. The molecule has 0 unspecified atom stereocenters. The van der Waals surface area contributed by atoms with Crippen LogP contribution in [0.5, 0.6) is 0 Å². The first-order valence-electron chi connectivity index (χ1n) is 5.40. The predicted octanol–water partition coefficient (Wildman–Crippen LogP) is 0.869. The Bertz CT molecular complexity index is 652. The second-order valence-corrected chi connectivity index (χ2v) is 6.37. The Morgan fingerprint density at radius 3 is 2.47 bits per heavy atom. The van der Waals surface area contributed by atoms with Gasteiger partial charge in [-0.05, 0) is 13.8 Å². The minimum absolute atomic E-state index is 0.0259. The molecule has 0 radical (unpaired) electrons. The first-order valence-corrected chi connectivity index (χ1v) is 7.70. The second kappa shape index (κ2) is 5.45. The van der Waals surface area contributed by atoms with Crippen molar-refractivity contribution in [1.29, 1.82) is 0 Å². The van der Waals surface area contributed by atoms with E-state index in [1.54, 1.807) is 6.92 Å². The first-order chi connectivity index (χ1) is 9.01. The molecular weight excluding hydrogens is 288 g/mol. The molecule has 10 heteroatoms. The predicted molar refractivity (Wildman–Crippen MR) is 71.7 cm³/mol. The van der Waals surface area contributed by atoms with Crippen molar-refractivity contribution >= 4 is 32.4 Å². The molecule has 0 atom stereocenters. The maximum atomic E-state index is 12.0. The van der Waals surface area contributed by atoms with Gasteiger partial charge in [-0.3, -0.25) is 4.72 Å². The van der Waals surface area contributed by atoms with Gasteiger partial charge in [0, 0.05) is 6.54 Å². The van der Waals surface area contributed by atoms with Crippen LogP contribution in [0.4, 0.5) is 11.1 Å². The van der Waals surface area contributed by atoms with E-state index in [0.29, 0.717) is 17.5 Å². The van der Waals surface area contributed by atoms with Crippen molar-refractivity contribution in [2.24, 2.45) is 0 Å². The number of rotatable bonds is 5. The van der Waals surface area contributed by atoms with Gasteiger partial charge in [-0.1, -0.05) is 11.3 Å². The Labute approximate surface area is 114 Å². The third-order valence-corrected chi connectivity index (χ3v) is 4.20. The second-order valence-electron chi connectivity index (χ2n) is 3.50. The highest BCUT2D eigenvalue weighted by Gasteiger charge is 2.17. The van der Waals surface area contributed by atoms with Crippen molar-refractivity contribution in [3.63, 3.8) is 0 Å². The average molecular weight is 300 g/mol. The molecule has 0 spiro atoms. The summed E-state index contributed by atoms with van der Waals surface area (Å²) in [5, 5.41) is 11.2. The van der Waals surface area contributed by atoms with Crippen LogP contribution in [-0.4, -0.2) is 35.1 Å². The Hall–Kier alpha value is -1.81.